The summed E-state index contributed by atoms with van der Waals surface area (Å²) in [5, 5.41) is 8.62. The summed E-state index contributed by atoms with van der Waals surface area (Å²) in [7, 11) is 0. The summed E-state index contributed by atoms with van der Waals surface area (Å²) in [5.41, 5.74) is 14.5. The summed E-state index contributed by atoms with van der Waals surface area (Å²) in [4.78, 5) is 34.2. The van der Waals surface area contributed by atoms with Gasteiger partial charge in [0.25, 0.3) is 0 Å². The monoisotopic (exact) mass is 452 g/mol. The highest BCUT2D eigenvalue weighted by Crippen LogP contribution is 2.36. The molecule has 2 saturated heterocycles. The summed E-state index contributed by atoms with van der Waals surface area (Å²) in [6.07, 6.45) is 4.93. The number of hydrogen-bond acceptors (Lipinski definition) is 10. The van der Waals surface area contributed by atoms with Crippen molar-refractivity contribution in [1.82, 2.24) is 35.0 Å². The molecule has 2 fully saturated rings. The minimum atomic E-state index is -0.489. The van der Waals surface area contributed by atoms with Crippen molar-refractivity contribution in [3.05, 3.63) is 18.1 Å². The fraction of sp³-hybridized carbons (Fsp3) is 0.524. The molecule has 3 aromatic heterocycles. The number of aromatic amines is 1. The molecule has 0 aromatic carbocycles. The van der Waals surface area contributed by atoms with E-state index in [0.717, 1.165) is 48.3 Å². The van der Waals surface area contributed by atoms with Crippen molar-refractivity contribution >= 4 is 28.8 Å². The highest BCUT2D eigenvalue weighted by molar-refractivity contribution is 5.93. The zero-order chi connectivity index (χ0) is 22.9. The maximum atomic E-state index is 12.3. The maximum Gasteiger partial charge on any atom is 0.239 e. The van der Waals surface area contributed by atoms with Gasteiger partial charge in [0.2, 0.25) is 17.8 Å². The standard InChI is InChI=1S/C21H28N10O2/c1-12(22)19(32)30-4-2-13(3-5-30)17-15-16(14-10-24-20(23)25-11-14)26-21(27-18(15)29-28-17)31-6-8-33-9-7-31/h10-13H,2-9,22H2,1H3,(H2,23,24,25)(H,26,27,28,29)/t12-/m1/s1. The number of aromatic nitrogens is 6. The third-order valence-corrected chi connectivity index (χ3v) is 6.26. The molecule has 1 atom stereocenters. The van der Waals surface area contributed by atoms with Gasteiger partial charge in [0, 0.05) is 50.1 Å². The molecule has 0 radical (unpaired) electrons. The van der Waals surface area contributed by atoms with Crippen molar-refractivity contribution in [1.29, 1.82) is 0 Å². The molecular weight excluding hydrogens is 424 g/mol. The Bertz CT molecular complexity index is 1130. The molecule has 0 bridgehead atoms. The number of amides is 1. The van der Waals surface area contributed by atoms with Crippen molar-refractivity contribution in [2.75, 3.05) is 50.0 Å². The van der Waals surface area contributed by atoms with E-state index in [1.54, 1.807) is 19.3 Å². The Kier molecular flexibility index (Phi) is 5.77. The molecule has 0 unspecified atom stereocenters. The minimum Gasteiger partial charge on any atom is -0.378 e. The van der Waals surface area contributed by atoms with Crippen molar-refractivity contribution in [3.63, 3.8) is 0 Å². The number of nitrogen functional groups attached to an aromatic ring is 1. The molecule has 5 heterocycles. The Labute approximate surface area is 190 Å². The fourth-order valence-electron chi connectivity index (χ4n) is 4.47. The van der Waals surface area contributed by atoms with Gasteiger partial charge < -0.3 is 26.0 Å². The topological polar surface area (TPSA) is 165 Å². The Morgan fingerprint density at radius 1 is 1.15 bits per heavy atom. The molecule has 2 aliphatic heterocycles. The number of piperidine rings is 1. The molecule has 0 aliphatic carbocycles. The van der Waals surface area contributed by atoms with Crippen LogP contribution in [0.2, 0.25) is 0 Å². The fourth-order valence-corrected chi connectivity index (χ4v) is 4.47. The van der Waals surface area contributed by atoms with Crippen LogP contribution in [0.1, 0.15) is 31.4 Å². The number of nitrogens with zero attached hydrogens (tertiary/aromatic N) is 7. The average molecular weight is 453 g/mol. The largest absolute Gasteiger partial charge is 0.378 e. The van der Waals surface area contributed by atoms with Gasteiger partial charge in [0.15, 0.2) is 5.65 Å². The van der Waals surface area contributed by atoms with Crippen LogP contribution < -0.4 is 16.4 Å². The summed E-state index contributed by atoms with van der Waals surface area (Å²) < 4.78 is 5.47. The second-order valence-corrected chi connectivity index (χ2v) is 8.52. The smallest absolute Gasteiger partial charge is 0.239 e. The Balaban J connectivity index is 1.53. The summed E-state index contributed by atoms with van der Waals surface area (Å²) in [6, 6.07) is -0.489. The van der Waals surface area contributed by atoms with Crippen molar-refractivity contribution in [2.24, 2.45) is 5.73 Å². The number of anilines is 2. The first-order chi connectivity index (χ1) is 16.0. The highest BCUT2D eigenvalue weighted by atomic mass is 16.5. The van der Waals surface area contributed by atoms with Crippen molar-refractivity contribution < 1.29 is 9.53 Å². The summed E-state index contributed by atoms with van der Waals surface area (Å²) in [6.45, 7) is 5.72. The van der Waals surface area contributed by atoms with Gasteiger partial charge in [-0.15, -0.1) is 0 Å². The van der Waals surface area contributed by atoms with Gasteiger partial charge in [0.05, 0.1) is 36.0 Å². The molecule has 1 amide bonds. The molecule has 5 N–H and O–H groups in total. The molecule has 12 heteroatoms. The summed E-state index contributed by atoms with van der Waals surface area (Å²) in [5.74, 6) is 0.974. The lowest BCUT2D eigenvalue weighted by Crippen LogP contribution is -2.45. The van der Waals surface area contributed by atoms with E-state index in [9.17, 15) is 4.79 Å². The number of carbonyl (C=O) groups is 1. The maximum absolute atomic E-state index is 12.3. The first-order valence-electron chi connectivity index (χ1n) is 11.2. The lowest BCUT2D eigenvalue weighted by molar-refractivity contribution is -0.133. The van der Waals surface area contributed by atoms with Gasteiger partial charge in [0.1, 0.15) is 0 Å². The first-order valence-corrected chi connectivity index (χ1v) is 11.2. The van der Waals surface area contributed by atoms with E-state index < -0.39 is 6.04 Å². The molecule has 5 rings (SSSR count). The van der Waals surface area contributed by atoms with Gasteiger partial charge in [-0.2, -0.15) is 10.1 Å². The number of rotatable bonds is 4. The number of nitrogens with two attached hydrogens (primary N) is 2. The SMILES string of the molecule is C[C@@H](N)C(=O)N1CCC(c2n[nH]c3nc(N4CCOCC4)nc(-c4cnc(N)nc4)c23)CC1. The van der Waals surface area contributed by atoms with E-state index in [1.807, 2.05) is 4.90 Å². The predicted molar refractivity (Wildman–Crippen MR) is 122 cm³/mol. The summed E-state index contributed by atoms with van der Waals surface area (Å²) >= 11 is 0. The average Bonchev–Trinajstić information content (AvgIpc) is 3.28. The van der Waals surface area contributed by atoms with Crippen LogP contribution in [0.15, 0.2) is 12.4 Å². The highest BCUT2D eigenvalue weighted by Gasteiger charge is 2.30. The zero-order valence-electron chi connectivity index (χ0n) is 18.6. The van der Waals surface area contributed by atoms with Crippen LogP contribution in [0.25, 0.3) is 22.3 Å². The number of hydrogen-bond donors (Lipinski definition) is 3. The normalized spacial score (nSPS) is 18.6. The van der Waals surface area contributed by atoms with Crippen LogP contribution in [0, 0.1) is 0 Å². The molecule has 3 aromatic rings. The van der Waals surface area contributed by atoms with Crippen LogP contribution in [-0.4, -0.2) is 86.4 Å². The lowest BCUT2D eigenvalue weighted by atomic mass is 9.91. The zero-order valence-corrected chi connectivity index (χ0v) is 18.6. The van der Waals surface area contributed by atoms with E-state index in [4.69, 9.17) is 26.2 Å². The third kappa shape index (κ3) is 4.18. The second-order valence-electron chi connectivity index (χ2n) is 8.52. The Hall–Kier alpha value is -3.38. The van der Waals surface area contributed by atoms with Gasteiger partial charge in [-0.3, -0.25) is 9.89 Å². The molecule has 0 spiro atoms. The van der Waals surface area contributed by atoms with Gasteiger partial charge >= 0.3 is 0 Å². The number of likely N-dealkylation sites (tertiary alicyclic amines) is 1. The molecule has 33 heavy (non-hydrogen) atoms. The van der Waals surface area contributed by atoms with Crippen LogP contribution in [-0.2, 0) is 9.53 Å². The van der Waals surface area contributed by atoms with Crippen LogP contribution in [0.5, 0.6) is 0 Å². The predicted octanol–water partition coefficient (Wildman–Crippen LogP) is 0.282. The van der Waals surface area contributed by atoms with E-state index in [0.29, 0.717) is 37.9 Å². The van der Waals surface area contributed by atoms with E-state index >= 15 is 0 Å². The molecule has 12 nitrogen and oxygen atoms in total. The van der Waals surface area contributed by atoms with Gasteiger partial charge in [-0.1, -0.05) is 0 Å². The Morgan fingerprint density at radius 3 is 2.52 bits per heavy atom. The minimum absolute atomic E-state index is 0.0152. The molecule has 2 aliphatic rings. The number of H-pyrrole nitrogens is 1. The second kappa shape index (κ2) is 8.87. The molecule has 0 saturated carbocycles. The lowest BCUT2D eigenvalue weighted by Gasteiger charge is -2.32. The van der Waals surface area contributed by atoms with Crippen LogP contribution in [0.3, 0.4) is 0 Å². The Morgan fingerprint density at radius 2 is 1.85 bits per heavy atom. The first kappa shape index (κ1) is 21.5. The van der Waals surface area contributed by atoms with Crippen molar-refractivity contribution in [3.8, 4) is 11.3 Å². The van der Waals surface area contributed by atoms with Crippen LogP contribution >= 0.6 is 0 Å². The molecular formula is C21H28N10O2. The number of morpholine rings is 1. The number of nitrogens with one attached hydrogen (secondary N) is 1. The van der Waals surface area contributed by atoms with Gasteiger partial charge in [-0.05, 0) is 19.8 Å². The van der Waals surface area contributed by atoms with Crippen molar-refractivity contribution in [2.45, 2.75) is 31.7 Å². The van der Waals surface area contributed by atoms with E-state index in [1.165, 1.54) is 0 Å². The van der Waals surface area contributed by atoms with E-state index in [2.05, 4.69) is 25.1 Å². The quantitative estimate of drug-likeness (QED) is 0.500. The number of fused-ring (bicyclic) bond motifs is 1. The van der Waals surface area contributed by atoms with Gasteiger partial charge in [-0.25, -0.2) is 15.0 Å². The van der Waals surface area contributed by atoms with E-state index in [-0.39, 0.29) is 17.8 Å². The number of ether oxygens (including phenoxy) is 1. The van der Waals surface area contributed by atoms with Crippen LogP contribution in [0.4, 0.5) is 11.9 Å². The molecule has 174 valence electrons. The number of carbonyl (C=O) groups excluding carboxylic acids is 1. The third-order valence-electron chi connectivity index (χ3n) is 6.26.